The van der Waals surface area contributed by atoms with Crippen LogP contribution in [0.1, 0.15) is 26.9 Å². The normalized spacial score (nSPS) is 21.0. The van der Waals surface area contributed by atoms with Crippen LogP contribution in [-0.2, 0) is 11.3 Å². The number of thioether (sulfide) groups is 1. The number of hydrogen-bond acceptors (Lipinski definition) is 4. The molecule has 0 saturated carbocycles. The summed E-state index contributed by atoms with van der Waals surface area (Å²) in [6.07, 6.45) is 0. The van der Waals surface area contributed by atoms with Gasteiger partial charge in [0.05, 0.1) is 7.11 Å². The van der Waals surface area contributed by atoms with E-state index in [1.807, 2.05) is 48.5 Å². The average Bonchev–Trinajstić information content (AvgIpc) is 3.21. The van der Waals surface area contributed by atoms with Gasteiger partial charge in [0.2, 0.25) is 5.91 Å². The Labute approximate surface area is 150 Å². The average molecular weight is 354 g/mol. The molecule has 2 heterocycles. The third-order valence-electron chi connectivity index (χ3n) is 4.62. The highest BCUT2D eigenvalue weighted by molar-refractivity contribution is 7.99. The van der Waals surface area contributed by atoms with Gasteiger partial charge in [-0.15, -0.1) is 11.8 Å². The van der Waals surface area contributed by atoms with Gasteiger partial charge in [-0.25, -0.2) is 0 Å². The minimum absolute atomic E-state index is 0.0413. The Hall–Kier alpha value is -2.47. The van der Waals surface area contributed by atoms with Crippen LogP contribution in [0.3, 0.4) is 0 Å². The first-order chi connectivity index (χ1) is 12.2. The molecule has 0 aliphatic carbocycles. The minimum Gasteiger partial charge on any atom is -0.497 e. The Morgan fingerprint density at radius 2 is 2.00 bits per heavy atom. The number of carbonyl (C=O) groups is 2. The van der Waals surface area contributed by atoms with E-state index in [4.69, 9.17) is 4.74 Å². The third-order valence-corrected chi connectivity index (χ3v) is 5.93. The lowest BCUT2D eigenvalue weighted by Crippen LogP contribution is -2.45. The second-order valence-corrected chi connectivity index (χ2v) is 7.18. The summed E-state index contributed by atoms with van der Waals surface area (Å²) in [5.41, 5.74) is 2.72. The van der Waals surface area contributed by atoms with Crippen molar-refractivity contribution in [3.63, 3.8) is 0 Å². The molecule has 2 aliphatic rings. The van der Waals surface area contributed by atoms with E-state index in [0.717, 1.165) is 16.9 Å². The number of nitrogens with one attached hydrogen (secondary N) is 1. The quantitative estimate of drug-likeness (QED) is 0.917. The van der Waals surface area contributed by atoms with Crippen LogP contribution in [0, 0.1) is 0 Å². The summed E-state index contributed by atoms with van der Waals surface area (Å²) >= 11 is 1.65. The van der Waals surface area contributed by atoms with Crippen LogP contribution in [0.2, 0.25) is 0 Å². The lowest BCUT2D eigenvalue weighted by molar-refractivity contribution is -0.124. The van der Waals surface area contributed by atoms with Crippen LogP contribution in [0.5, 0.6) is 5.75 Å². The fraction of sp³-hybridized carbons (Fsp3) is 0.263. The van der Waals surface area contributed by atoms with Crippen molar-refractivity contribution < 1.29 is 14.3 Å². The first-order valence-corrected chi connectivity index (χ1v) is 9.18. The van der Waals surface area contributed by atoms with E-state index in [1.165, 1.54) is 0 Å². The highest BCUT2D eigenvalue weighted by atomic mass is 32.2. The van der Waals surface area contributed by atoms with Crippen molar-refractivity contribution >= 4 is 23.6 Å². The molecule has 5 nitrogen and oxygen atoms in total. The molecule has 6 heteroatoms. The maximum Gasteiger partial charge on any atom is 0.256 e. The zero-order chi connectivity index (χ0) is 17.4. The number of ether oxygens (including phenoxy) is 1. The van der Waals surface area contributed by atoms with Crippen molar-refractivity contribution in [2.75, 3.05) is 12.9 Å². The van der Waals surface area contributed by atoms with Crippen molar-refractivity contribution in [2.24, 2.45) is 0 Å². The second kappa shape index (κ2) is 6.44. The molecule has 2 aromatic carbocycles. The molecule has 2 aromatic rings. The molecular weight excluding hydrogens is 336 g/mol. The number of nitrogens with zero attached hydrogens (tertiary/aromatic N) is 1. The zero-order valence-electron chi connectivity index (χ0n) is 13.8. The fourth-order valence-corrected chi connectivity index (χ4v) is 4.76. The molecule has 2 atom stereocenters. The number of fused-ring (bicyclic) bond motifs is 3. The van der Waals surface area contributed by atoms with Crippen molar-refractivity contribution in [1.29, 1.82) is 0 Å². The van der Waals surface area contributed by atoms with Gasteiger partial charge in [-0.1, -0.05) is 30.3 Å². The monoisotopic (exact) mass is 354 g/mol. The maximum absolute atomic E-state index is 12.7. The number of carbonyl (C=O) groups excluding carboxylic acids is 2. The highest BCUT2D eigenvalue weighted by Gasteiger charge is 2.48. The Bertz CT molecular complexity index is 822. The number of benzene rings is 2. The molecule has 2 aliphatic heterocycles. The number of amides is 2. The molecule has 1 saturated heterocycles. The van der Waals surface area contributed by atoms with Gasteiger partial charge in [-0.2, -0.15) is 0 Å². The molecule has 0 bridgehead atoms. The lowest BCUT2D eigenvalue weighted by atomic mass is 10.1. The molecule has 1 fully saturated rings. The van der Waals surface area contributed by atoms with E-state index in [0.29, 0.717) is 17.9 Å². The Kier molecular flexibility index (Phi) is 4.13. The van der Waals surface area contributed by atoms with E-state index in [1.54, 1.807) is 23.8 Å². The summed E-state index contributed by atoms with van der Waals surface area (Å²) in [6.45, 7) is 0.434. The van der Waals surface area contributed by atoms with Gasteiger partial charge in [0.15, 0.2) is 0 Å². The van der Waals surface area contributed by atoms with Crippen LogP contribution in [0.25, 0.3) is 0 Å². The van der Waals surface area contributed by atoms with Crippen molar-refractivity contribution in [3.8, 4) is 5.75 Å². The maximum atomic E-state index is 12.7. The summed E-state index contributed by atoms with van der Waals surface area (Å²) in [4.78, 5) is 27.0. The van der Waals surface area contributed by atoms with E-state index < -0.39 is 6.04 Å². The lowest BCUT2D eigenvalue weighted by Gasteiger charge is -2.22. The van der Waals surface area contributed by atoms with Gasteiger partial charge in [0.25, 0.3) is 5.91 Å². The highest BCUT2D eigenvalue weighted by Crippen LogP contribution is 2.48. The standard InChI is InChI=1S/C19H18N2O3S/c1-24-13-8-6-12(7-9-13)10-20-17(22)16-11-25-19-15-5-3-2-4-14(15)18(23)21(16)19/h2-9,16,19H,10-11H2,1H3,(H,20,22)/t16-,19?/m0/s1. The van der Waals surface area contributed by atoms with Crippen molar-refractivity contribution in [1.82, 2.24) is 10.2 Å². The Balaban J connectivity index is 1.44. The topological polar surface area (TPSA) is 58.6 Å². The Morgan fingerprint density at radius 3 is 2.76 bits per heavy atom. The summed E-state index contributed by atoms with van der Waals surface area (Å²) < 4.78 is 5.13. The SMILES string of the molecule is COc1ccc(CNC(=O)[C@@H]2CSC3c4ccccc4C(=O)N32)cc1. The largest absolute Gasteiger partial charge is 0.497 e. The molecular formula is C19H18N2O3S. The molecule has 0 radical (unpaired) electrons. The zero-order valence-corrected chi connectivity index (χ0v) is 14.6. The van der Waals surface area contributed by atoms with E-state index in [9.17, 15) is 9.59 Å². The summed E-state index contributed by atoms with van der Waals surface area (Å²) in [5, 5.41) is 2.91. The molecule has 0 aromatic heterocycles. The number of methoxy groups -OCH3 is 1. The third kappa shape index (κ3) is 2.76. The van der Waals surface area contributed by atoms with Gasteiger partial charge >= 0.3 is 0 Å². The van der Waals surface area contributed by atoms with Gasteiger partial charge < -0.3 is 15.0 Å². The Morgan fingerprint density at radius 1 is 1.24 bits per heavy atom. The summed E-state index contributed by atoms with van der Waals surface area (Å²) in [5.74, 6) is 1.26. The molecule has 2 amide bonds. The first-order valence-electron chi connectivity index (χ1n) is 8.13. The van der Waals surface area contributed by atoms with Crippen molar-refractivity contribution in [2.45, 2.75) is 18.0 Å². The molecule has 0 spiro atoms. The van der Waals surface area contributed by atoms with E-state index in [-0.39, 0.29) is 17.2 Å². The second-order valence-electron chi connectivity index (χ2n) is 6.07. The van der Waals surface area contributed by atoms with E-state index in [2.05, 4.69) is 5.32 Å². The molecule has 25 heavy (non-hydrogen) atoms. The van der Waals surface area contributed by atoms with Gasteiger partial charge in [0.1, 0.15) is 17.2 Å². The van der Waals surface area contributed by atoms with Gasteiger partial charge in [0, 0.05) is 17.9 Å². The van der Waals surface area contributed by atoms with Gasteiger partial charge in [-0.3, -0.25) is 9.59 Å². The van der Waals surface area contributed by atoms with Gasteiger partial charge in [-0.05, 0) is 29.3 Å². The summed E-state index contributed by atoms with van der Waals surface area (Å²) in [7, 11) is 1.62. The molecule has 4 rings (SSSR count). The van der Waals surface area contributed by atoms with Crippen LogP contribution in [-0.4, -0.2) is 35.6 Å². The van der Waals surface area contributed by atoms with Crippen LogP contribution >= 0.6 is 11.8 Å². The molecule has 128 valence electrons. The minimum atomic E-state index is -0.423. The van der Waals surface area contributed by atoms with E-state index >= 15 is 0 Å². The van der Waals surface area contributed by atoms with Crippen molar-refractivity contribution in [3.05, 3.63) is 65.2 Å². The number of rotatable bonds is 4. The predicted molar refractivity (Wildman–Crippen MR) is 96.4 cm³/mol. The van der Waals surface area contributed by atoms with Crippen LogP contribution in [0.15, 0.2) is 48.5 Å². The van der Waals surface area contributed by atoms with Crippen LogP contribution in [0.4, 0.5) is 0 Å². The fourth-order valence-electron chi connectivity index (χ4n) is 3.29. The summed E-state index contributed by atoms with van der Waals surface area (Å²) in [6, 6.07) is 14.8. The molecule has 1 N–H and O–H groups in total. The smallest absolute Gasteiger partial charge is 0.256 e. The van der Waals surface area contributed by atoms with Crippen LogP contribution < -0.4 is 10.1 Å². The number of hydrogen-bond donors (Lipinski definition) is 1. The predicted octanol–water partition coefficient (Wildman–Crippen LogP) is 2.58. The molecule has 1 unspecified atom stereocenters. The first kappa shape index (κ1) is 16.0.